The summed E-state index contributed by atoms with van der Waals surface area (Å²) in [6, 6.07) is 0. The molecule has 23 heavy (non-hydrogen) atoms. The van der Waals surface area contributed by atoms with E-state index in [1.54, 1.807) is 0 Å². The molecule has 2 heterocycles. The topological polar surface area (TPSA) is 165 Å². The van der Waals surface area contributed by atoms with Crippen LogP contribution in [0.3, 0.4) is 0 Å². The van der Waals surface area contributed by atoms with Crippen LogP contribution in [-0.2, 0) is 16.5 Å². The van der Waals surface area contributed by atoms with E-state index >= 15 is 0 Å². The second kappa shape index (κ2) is 6.39. The summed E-state index contributed by atoms with van der Waals surface area (Å²) in [7, 11) is 0. The third kappa shape index (κ3) is 3.60. The van der Waals surface area contributed by atoms with E-state index in [-0.39, 0.29) is 16.9 Å². The molecule has 1 aromatic heterocycles. The fraction of sp³-hybridized carbons (Fsp3) is 0.600. The lowest BCUT2D eigenvalue weighted by Gasteiger charge is -2.30. The van der Waals surface area contributed by atoms with E-state index in [0.29, 0.717) is 0 Å². The van der Waals surface area contributed by atoms with Crippen molar-refractivity contribution in [2.75, 3.05) is 6.61 Å². The molecular weight excluding hydrogens is 371 g/mol. The maximum absolute atomic E-state index is 11.9. The number of nitrogens with zero attached hydrogens (tertiary/aromatic N) is 1. The number of aromatic nitrogens is 2. The summed E-state index contributed by atoms with van der Waals surface area (Å²) in [6.45, 7) is 0.644. The van der Waals surface area contributed by atoms with E-state index in [4.69, 9.17) is 4.74 Å². The maximum atomic E-state index is 11.9. The predicted molar refractivity (Wildman–Crippen MR) is 84.3 cm³/mol. The second-order valence-electron chi connectivity index (χ2n) is 4.96. The van der Waals surface area contributed by atoms with Crippen LogP contribution in [0.2, 0.25) is 0 Å². The van der Waals surface area contributed by atoms with Crippen LogP contribution in [0, 0.1) is 6.92 Å². The SMILES string of the molecule is Cc1cn([C@@H]2O[C@H](CO)C(O)(SP(O)(O)=S)C2O)c(=O)[nH]c1=O. The molecule has 0 aromatic carbocycles. The molecule has 0 bridgehead atoms. The number of aliphatic hydroxyl groups excluding tert-OH is 2. The summed E-state index contributed by atoms with van der Waals surface area (Å²) in [5.74, 6) is 0. The fourth-order valence-electron chi connectivity index (χ4n) is 2.20. The van der Waals surface area contributed by atoms with Crippen LogP contribution in [0.1, 0.15) is 11.8 Å². The fourth-order valence-corrected chi connectivity index (χ4v) is 5.95. The van der Waals surface area contributed by atoms with Crippen molar-refractivity contribution >= 4 is 28.9 Å². The Morgan fingerprint density at radius 3 is 2.65 bits per heavy atom. The Labute approximate surface area is 138 Å². The standard InChI is InChI=1S/C10H15N2O8PS2/c1-4-2-12(9(16)11-7(4)15)8-6(14)10(17,5(3-13)20-8)23-21(18,19)22/h2,5-6,8,13-14,17H,3H2,1H3,(H,11,15,16)(H2,18,19,22)/t5-,6?,8-,10?/m1/s1. The van der Waals surface area contributed by atoms with E-state index in [0.717, 1.165) is 10.8 Å². The highest BCUT2D eigenvalue weighted by Crippen LogP contribution is 2.61. The summed E-state index contributed by atoms with van der Waals surface area (Å²) < 4.78 is 6.10. The highest BCUT2D eigenvalue weighted by atomic mass is 32.9. The molecule has 1 aliphatic heterocycles. The Morgan fingerprint density at radius 2 is 2.13 bits per heavy atom. The van der Waals surface area contributed by atoms with Crippen molar-refractivity contribution in [3.8, 4) is 0 Å². The van der Waals surface area contributed by atoms with Gasteiger partial charge in [-0.15, -0.1) is 0 Å². The molecule has 13 heteroatoms. The van der Waals surface area contributed by atoms with Crippen molar-refractivity contribution in [3.63, 3.8) is 0 Å². The van der Waals surface area contributed by atoms with E-state index in [1.807, 2.05) is 4.98 Å². The van der Waals surface area contributed by atoms with Crippen molar-refractivity contribution in [1.29, 1.82) is 0 Å². The van der Waals surface area contributed by atoms with Gasteiger partial charge in [-0.1, -0.05) is 0 Å². The quantitative estimate of drug-likeness (QED) is 0.245. The van der Waals surface area contributed by atoms with Gasteiger partial charge in [0.05, 0.1) is 6.61 Å². The van der Waals surface area contributed by atoms with Gasteiger partial charge in [0.25, 0.3) is 5.56 Å². The Kier molecular flexibility index (Phi) is 5.22. The zero-order chi connectivity index (χ0) is 17.6. The van der Waals surface area contributed by atoms with Crippen LogP contribution < -0.4 is 11.2 Å². The van der Waals surface area contributed by atoms with Gasteiger partial charge >= 0.3 is 5.69 Å². The summed E-state index contributed by atoms with van der Waals surface area (Å²) in [5, 5.41) is 30.1. The number of aromatic amines is 1. The zero-order valence-electron chi connectivity index (χ0n) is 11.7. The number of hydrogen-bond acceptors (Lipinski definition) is 8. The van der Waals surface area contributed by atoms with Crippen molar-refractivity contribution in [3.05, 3.63) is 32.6 Å². The molecule has 0 saturated carbocycles. The van der Waals surface area contributed by atoms with Gasteiger partial charge in [0, 0.05) is 11.8 Å². The first kappa shape index (κ1) is 18.8. The molecule has 0 radical (unpaired) electrons. The molecule has 6 N–H and O–H groups in total. The van der Waals surface area contributed by atoms with Crippen molar-refractivity contribution < 1.29 is 29.8 Å². The molecule has 4 atom stereocenters. The lowest BCUT2D eigenvalue weighted by molar-refractivity contribution is -0.0569. The van der Waals surface area contributed by atoms with Gasteiger partial charge in [-0.2, -0.15) is 0 Å². The molecule has 2 rings (SSSR count). The van der Waals surface area contributed by atoms with Gasteiger partial charge < -0.3 is 29.8 Å². The van der Waals surface area contributed by atoms with Gasteiger partial charge in [0.1, 0.15) is 12.2 Å². The van der Waals surface area contributed by atoms with E-state index in [1.165, 1.54) is 6.92 Å². The van der Waals surface area contributed by atoms with Gasteiger partial charge in [-0.3, -0.25) is 14.3 Å². The first-order chi connectivity index (χ1) is 10.5. The lowest BCUT2D eigenvalue weighted by atomic mass is 10.1. The molecular formula is C10H15N2O8PS2. The van der Waals surface area contributed by atoms with Gasteiger partial charge in [-0.05, 0) is 30.1 Å². The third-order valence-corrected chi connectivity index (χ3v) is 6.61. The van der Waals surface area contributed by atoms with E-state index < -0.39 is 46.9 Å². The Hall–Kier alpha value is -0.560. The maximum Gasteiger partial charge on any atom is 0.330 e. The number of ether oxygens (including phenoxy) is 1. The molecule has 130 valence electrons. The average Bonchev–Trinajstić information content (AvgIpc) is 2.64. The van der Waals surface area contributed by atoms with Crippen LogP contribution in [0.5, 0.6) is 0 Å². The van der Waals surface area contributed by atoms with Crippen LogP contribution in [-0.4, -0.2) is 58.4 Å². The minimum atomic E-state index is -4.01. The van der Waals surface area contributed by atoms with Crippen molar-refractivity contribution in [2.24, 2.45) is 0 Å². The minimum Gasteiger partial charge on any atom is -0.394 e. The molecule has 0 aliphatic carbocycles. The summed E-state index contributed by atoms with van der Waals surface area (Å²) in [4.78, 5) is 41.7. The largest absolute Gasteiger partial charge is 0.394 e. The van der Waals surface area contributed by atoms with Crippen LogP contribution in [0.4, 0.5) is 0 Å². The number of H-pyrrole nitrogens is 1. The van der Waals surface area contributed by atoms with Crippen molar-refractivity contribution in [2.45, 2.75) is 30.3 Å². The van der Waals surface area contributed by atoms with Crippen LogP contribution in [0.25, 0.3) is 0 Å². The first-order valence-electron chi connectivity index (χ1n) is 6.24. The number of hydrogen-bond donors (Lipinski definition) is 6. The summed E-state index contributed by atoms with van der Waals surface area (Å²) in [5.41, 5.74) is -5.38. The molecule has 10 nitrogen and oxygen atoms in total. The molecule has 0 amide bonds. The van der Waals surface area contributed by atoms with E-state index in [9.17, 15) is 34.7 Å². The second-order valence-corrected chi connectivity index (χ2v) is 11.1. The molecule has 1 fully saturated rings. The van der Waals surface area contributed by atoms with Crippen LogP contribution >= 0.6 is 17.1 Å². The number of aryl methyl sites for hydroxylation is 1. The van der Waals surface area contributed by atoms with Gasteiger partial charge in [0.15, 0.2) is 11.2 Å². The smallest absolute Gasteiger partial charge is 0.330 e. The average molecular weight is 386 g/mol. The van der Waals surface area contributed by atoms with E-state index in [2.05, 4.69) is 11.8 Å². The summed E-state index contributed by atoms with van der Waals surface area (Å²) >= 11 is 4.52. The normalized spacial score (nSPS) is 31.5. The molecule has 1 aromatic rings. The van der Waals surface area contributed by atoms with Gasteiger partial charge in [-0.25, -0.2) is 4.79 Å². The molecule has 0 spiro atoms. The predicted octanol–water partition coefficient (Wildman–Crippen LogP) is -2.27. The Bertz CT molecular complexity index is 760. The third-order valence-electron chi connectivity index (χ3n) is 3.31. The lowest BCUT2D eigenvalue weighted by Crippen LogP contribution is -2.46. The molecule has 1 saturated heterocycles. The molecule has 1 aliphatic rings. The first-order valence-corrected chi connectivity index (χ1v) is 10.4. The minimum absolute atomic E-state index is 0.0894. The number of rotatable bonds is 4. The van der Waals surface area contributed by atoms with Gasteiger partial charge in [0.2, 0.25) is 5.69 Å². The number of aliphatic hydroxyl groups is 3. The summed E-state index contributed by atoms with van der Waals surface area (Å²) in [6.07, 6.45) is -3.61. The van der Waals surface area contributed by atoms with Crippen LogP contribution in [0.15, 0.2) is 15.8 Å². The Morgan fingerprint density at radius 1 is 1.52 bits per heavy atom. The zero-order valence-corrected chi connectivity index (χ0v) is 14.2. The highest BCUT2D eigenvalue weighted by molar-refractivity contribution is 8.67. The highest BCUT2D eigenvalue weighted by Gasteiger charge is 2.58. The Balaban J connectivity index is 2.48. The van der Waals surface area contributed by atoms with Crippen molar-refractivity contribution in [1.82, 2.24) is 9.55 Å². The monoisotopic (exact) mass is 386 g/mol. The number of nitrogens with one attached hydrogen (secondary N) is 1. The molecule has 2 unspecified atom stereocenters.